The van der Waals surface area contributed by atoms with Crippen molar-refractivity contribution >= 4 is 28.5 Å². The Morgan fingerprint density at radius 3 is 2.48 bits per heavy atom. The minimum absolute atomic E-state index is 0.448. The zero-order chi connectivity index (χ0) is 15.8. The molecule has 5 heteroatoms. The number of nitrogen functional groups attached to an aromatic ring is 1. The third-order valence-electron chi connectivity index (χ3n) is 3.76. The maximum Gasteiger partial charge on any atom is 0.158 e. The van der Waals surface area contributed by atoms with Gasteiger partial charge >= 0.3 is 0 Å². The molecule has 2 aromatic heterocycles. The summed E-state index contributed by atoms with van der Waals surface area (Å²) in [6.45, 7) is 0. The molecule has 23 heavy (non-hydrogen) atoms. The lowest BCUT2D eigenvalue weighted by atomic mass is 10.0. The second-order valence-electron chi connectivity index (χ2n) is 5.26. The zero-order valence-electron chi connectivity index (χ0n) is 12.1. The summed E-state index contributed by atoms with van der Waals surface area (Å²) < 4.78 is 0. The number of nitrogens with two attached hydrogens (primary N) is 1. The first-order valence-corrected chi connectivity index (χ1v) is 7.56. The van der Waals surface area contributed by atoms with Gasteiger partial charge in [-0.15, -0.1) is 0 Å². The molecule has 0 aliphatic heterocycles. The highest BCUT2D eigenvalue weighted by atomic mass is 35.5. The number of nitrogens with one attached hydrogen (secondary N) is 1. The van der Waals surface area contributed by atoms with E-state index >= 15 is 0 Å². The van der Waals surface area contributed by atoms with Gasteiger partial charge in [0, 0.05) is 10.6 Å². The minimum atomic E-state index is 0.448. The summed E-state index contributed by atoms with van der Waals surface area (Å²) in [5.41, 5.74) is 10.5. The number of halogens is 1. The van der Waals surface area contributed by atoms with Crippen molar-refractivity contribution in [2.75, 3.05) is 5.73 Å². The van der Waals surface area contributed by atoms with Crippen LogP contribution in [-0.2, 0) is 0 Å². The lowest BCUT2D eigenvalue weighted by molar-refractivity contribution is 1.11. The number of hydrogen-bond acceptors (Lipinski definition) is 3. The molecular formula is C18H13ClN4. The number of hydrogen-bond donors (Lipinski definition) is 2. The van der Waals surface area contributed by atoms with Gasteiger partial charge in [-0.1, -0.05) is 54.1 Å². The molecule has 4 aromatic rings. The number of H-pyrrole nitrogens is 1. The van der Waals surface area contributed by atoms with Crippen molar-refractivity contribution in [3.63, 3.8) is 0 Å². The SMILES string of the molecule is Nc1n[nH]c2nc(-c3cccc(Cl)c3)cc(-c3ccccc3)c12. The quantitative estimate of drug-likeness (QED) is 0.570. The summed E-state index contributed by atoms with van der Waals surface area (Å²) in [6.07, 6.45) is 0. The summed E-state index contributed by atoms with van der Waals surface area (Å²) in [4.78, 5) is 4.64. The van der Waals surface area contributed by atoms with E-state index in [-0.39, 0.29) is 0 Å². The van der Waals surface area contributed by atoms with Gasteiger partial charge in [0.15, 0.2) is 11.5 Å². The van der Waals surface area contributed by atoms with E-state index in [1.54, 1.807) is 0 Å². The largest absolute Gasteiger partial charge is 0.382 e. The van der Waals surface area contributed by atoms with Crippen LogP contribution in [0.25, 0.3) is 33.4 Å². The fraction of sp³-hybridized carbons (Fsp3) is 0. The molecule has 0 radical (unpaired) electrons. The van der Waals surface area contributed by atoms with Crippen LogP contribution in [0, 0.1) is 0 Å². The van der Waals surface area contributed by atoms with Crippen molar-refractivity contribution in [1.82, 2.24) is 15.2 Å². The third kappa shape index (κ3) is 2.43. The number of nitrogens with zero attached hydrogens (tertiary/aromatic N) is 2. The number of fused-ring (bicyclic) bond motifs is 1. The van der Waals surface area contributed by atoms with E-state index in [4.69, 9.17) is 17.3 Å². The molecular weight excluding hydrogens is 308 g/mol. The van der Waals surface area contributed by atoms with Crippen LogP contribution in [0.3, 0.4) is 0 Å². The highest BCUT2D eigenvalue weighted by Crippen LogP contribution is 2.34. The third-order valence-corrected chi connectivity index (χ3v) is 4.00. The summed E-state index contributed by atoms with van der Waals surface area (Å²) in [5.74, 6) is 0.448. The molecule has 0 spiro atoms. The van der Waals surface area contributed by atoms with Crippen molar-refractivity contribution in [2.24, 2.45) is 0 Å². The van der Waals surface area contributed by atoms with Crippen LogP contribution < -0.4 is 5.73 Å². The molecule has 0 saturated carbocycles. The zero-order valence-corrected chi connectivity index (χ0v) is 12.9. The lowest BCUT2D eigenvalue weighted by Gasteiger charge is -2.08. The molecule has 0 bridgehead atoms. The van der Waals surface area contributed by atoms with Gasteiger partial charge in [0.05, 0.1) is 11.1 Å². The number of pyridine rings is 1. The fourth-order valence-corrected chi connectivity index (χ4v) is 2.89. The molecule has 2 heterocycles. The molecule has 2 aromatic carbocycles. The monoisotopic (exact) mass is 320 g/mol. The second kappa shape index (κ2) is 5.41. The summed E-state index contributed by atoms with van der Waals surface area (Å²) >= 11 is 6.11. The Hall–Kier alpha value is -2.85. The molecule has 4 rings (SSSR count). The average Bonchev–Trinajstić information content (AvgIpc) is 2.96. The summed E-state index contributed by atoms with van der Waals surface area (Å²) in [6, 6.07) is 19.7. The van der Waals surface area contributed by atoms with E-state index in [2.05, 4.69) is 15.2 Å². The van der Waals surface area contributed by atoms with Gasteiger partial charge in [0.2, 0.25) is 0 Å². The number of benzene rings is 2. The van der Waals surface area contributed by atoms with Crippen molar-refractivity contribution < 1.29 is 0 Å². The molecule has 0 aliphatic carbocycles. The van der Waals surface area contributed by atoms with Gasteiger partial charge in [-0.3, -0.25) is 5.10 Å². The van der Waals surface area contributed by atoms with Crippen molar-refractivity contribution in [3.8, 4) is 22.4 Å². The van der Waals surface area contributed by atoms with Crippen LogP contribution in [0.1, 0.15) is 0 Å². The van der Waals surface area contributed by atoms with Crippen LogP contribution in [-0.4, -0.2) is 15.2 Å². The van der Waals surface area contributed by atoms with Crippen LogP contribution in [0.2, 0.25) is 5.02 Å². The van der Waals surface area contributed by atoms with Gasteiger partial charge in [0.1, 0.15) is 0 Å². The number of anilines is 1. The van der Waals surface area contributed by atoms with E-state index in [1.807, 2.05) is 60.7 Å². The van der Waals surface area contributed by atoms with E-state index in [1.165, 1.54) is 0 Å². The van der Waals surface area contributed by atoms with E-state index < -0.39 is 0 Å². The molecule has 0 aliphatic rings. The maximum absolute atomic E-state index is 6.11. The maximum atomic E-state index is 6.11. The Labute approximate surface area is 137 Å². The van der Waals surface area contributed by atoms with Gasteiger partial charge in [-0.2, -0.15) is 5.10 Å². The van der Waals surface area contributed by atoms with Crippen molar-refractivity contribution in [1.29, 1.82) is 0 Å². The van der Waals surface area contributed by atoms with E-state index in [0.29, 0.717) is 16.5 Å². The highest BCUT2D eigenvalue weighted by Gasteiger charge is 2.14. The van der Waals surface area contributed by atoms with Crippen molar-refractivity contribution in [2.45, 2.75) is 0 Å². The molecule has 0 saturated heterocycles. The highest BCUT2D eigenvalue weighted by molar-refractivity contribution is 6.30. The molecule has 0 atom stereocenters. The van der Waals surface area contributed by atoms with Gasteiger partial charge in [0.25, 0.3) is 0 Å². The first kappa shape index (κ1) is 13.8. The van der Waals surface area contributed by atoms with Crippen LogP contribution >= 0.6 is 11.6 Å². The van der Waals surface area contributed by atoms with Crippen molar-refractivity contribution in [3.05, 3.63) is 65.7 Å². The predicted octanol–water partition coefficient (Wildman–Crippen LogP) is 4.53. The Kier molecular flexibility index (Phi) is 3.24. The van der Waals surface area contributed by atoms with Crippen LogP contribution in [0.15, 0.2) is 60.7 Å². The summed E-state index contributed by atoms with van der Waals surface area (Å²) in [5, 5.41) is 8.51. The van der Waals surface area contributed by atoms with E-state index in [0.717, 1.165) is 27.8 Å². The predicted molar refractivity (Wildman–Crippen MR) is 94.2 cm³/mol. The Balaban J connectivity index is 2.02. The van der Waals surface area contributed by atoms with Gasteiger partial charge in [-0.05, 0) is 29.3 Å². The Bertz CT molecular complexity index is 993. The smallest absolute Gasteiger partial charge is 0.158 e. The first-order valence-electron chi connectivity index (χ1n) is 7.18. The van der Waals surface area contributed by atoms with Crippen LogP contribution in [0.5, 0.6) is 0 Å². The van der Waals surface area contributed by atoms with Gasteiger partial charge in [-0.25, -0.2) is 4.98 Å². The Morgan fingerprint density at radius 2 is 1.70 bits per heavy atom. The lowest BCUT2D eigenvalue weighted by Crippen LogP contribution is -1.91. The first-order chi connectivity index (χ1) is 11.2. The molecule has 0 amide bonds. The summed E-state index contributed by atoms with van der Waals surface area (Å²) in [7, 11) is 0. The second-order valence-corrected chi connectivity index (χ2v) is 5.70. The molecule has 3 N–H and O–H groups in total. The standard InChI is InChI=1S/C18H13ClN4/c19-13-8-4-7-12(9-13)15-10-14(11-5-2-1-3-6-11)16-17(20)22-23-18(16)21-15/h1-10H,(H3,20,21,22,23). The molecule has 0 unspecified atom stereocenters. The topological polar surface area (TPSA) is 67.6 Å². The number of rotatable bonds is 2. The molecule has 0 fully saturated rings. The molecule has 112 valence electrons. The van der Waals surface area contributed by atoms with Gasteiger partial charge < -0.3 is 5.73 Å². The molecule has 4 nitrogen and oxygen atoms in total. The van der Waals surface area contributed by atoms with E-state index in [9.17, 15) is 0 Å². The average molecular weight is 321 g/mol. The Morgan fingerprint density at radius 1 is 0.913 bits per heavy atom. The van der Waals surface area contributed by atoms with Crippen LogP contribution in [0.4, 0.5) is 5.82 Å². The number of aromatic nitrogens is 3. The normalized spacial score (nSPS) is 11.0. The number of aromatic amines is 1. The minimum Gasteiger partial charge on any atom is -0.382 e. The fourth-order valence-electron chi connectivity index (χ4n) is 2.70.